The number of rotatable bonds is 2. The molecule has 0 heterocycles. The number of carbonyl (C=O) groups excluding carboxylic acids is 1. The molecular weight excluding hydrogens is 126 g/mol. The molecule has 0 aliphatic rings. The largest absolute Gasteiger partial charge is 0.303 e. The fourth-order valence-corrected chi connectivity index (χ4v) is 0.751. The van der Waals surface area contributed by atoms with Gasteiger partial charge in [-0.1, -0.05) is 0 Å². The van der Waals surface area contributed by atoms with Crippen LogP contribution in [0.3, 0.4) is 0 Å². The average Bonchev–Trinajstić information content (AvgIpc) is 1.60. The van der Waals surface area contributed by atoms with Crippen LogP contribution in [0.4, 0.5) is 0 Å². The van der Waals surface area contributed by atoms with Crippen molar-refractivity contribution in [1.82, 2.24) is 5.32 Å². The van der Waals surface area contributed by atoms with Crippen LogP contribution in [0.5, 0.6) is 0 Å². The van der Waals surface area contributed by atoms with Crippen LogP contribution >= 0.6 is 0 Å². The van der Waals surface area contributed by atoms with Crippen LogP contribution in [0.25, 0.3) is 0 Å². The van der Waals surface area contributed by atoms with Gasteiger partial charge in [0.1, 0.15) is 5.78 Å². The molecule has 1 N–H and O–H groups in total. The van der Waals surface area contributed by atoms with Gasteiger partial charge in [-0.2, -0.15) is 0 Å². The SMILES string of the molecule is CC(=O)[C@@H](C)NC(C)(C)C. The smallest absolute Gasteiger partial charge is 0.146 e. The van der Waals surface area contributed by atoms with E-state index in [-0.39, 0.29) is 17.4 Å². The zero-order valence-corrected chi connectivity index (χ0v) is 7.49. The van der Waals surface area contributed by atoms with E-state index < -0.39 is 0 Å². The Morgan fingerprint density at radius 1 is 1.40 bits per heavy atom. The molecule has 1 atom stereocenters. The fourth-order valence-electron chi connectivity index (χ4n) is 0.751. The Morgan fingerprint density at radius 2 is 1.80 bits per heavy atom. The fraction of sp³-hybridized carbons (Fsp3) is 0.875. The highest BCUT2D eigenvalue weighted by Crippen LogP contribution is 2.00. The highest BCUT2D eigenvalue weighted by atomic mass is 16.1. The van der Waals surface area contributed by atoms with E-state index in [2.05, 4.69) is 5.32 Å². The predicted molar refractivity (Wildman–Crippen MR) is 43.0 cm³/mol. The third-order valence-corrected chi connectivity index (χ3v) is 1.26. The molecule has 0 bridgehead atoms. The van der Waals surface area contributed by atoms with Crippen LogP contribution in [0, 0.1) is 0 Å². The van der Waals surface area contributed by atoms with Gasteiger partial charge in [-0.15, -0.1) is 0 Å². The molecule has 0 spiro atoms. The summed E-state index contributed by atoms with van der Waals surface area (Å²) in [5, 5.41) is 3.17. The summed E-state index contributed by atoms with van der Waals surface area (Å²) in [5.74, 6) is 0.190. The minimum absolute atomic E-state index is 0.0278. The number of ketones is 1. The van der Waals surface area contributed by atoms with Crippen LogP contribution in [-0.4, -0.2) is 17.4 Å². The standard InChI is InChI=1S/C8H17NO/c1-6(7(2)10)9-8(3,4)5/h6,9H,1-5H3/t6-/m1/s1. The van der Waals surface area contributed by atoms with Crippen molar-refractivity contribution < 1.29 is 4.79 Å². The lowest BCUT2D eigenvalue weighted by Gasteiger charge is -2.24. The predicted octanol–water partition coefficient (Wildman–Crippen LogP) is 1.35. The topological polar surface area (TPSA) is 29.1 Å². The van der Waals surface area contributed by atoms with Crippen molar-refractivity contribution in [3.05, 3.63) is 0 Å². The summed E-state index contributed by atoms with van der Waals surface area (Å²) in [7, 11) is 0. The second-order valence-corrected chi connectivity index (χ2v) is 3.73. The summed E-state index contributed by atoms with van der Waals surface area (Å²) in [4.78, 5) is 10.8. The van der Waals surface area contributed by atoms with Crippen LogP contribution in [0.15, 0.2) is 0 Å². The van der Waals surface area contributed by atoms with Crippen molar-refractivity contribution in [3.63, 3.8) is 0 Å². The molecule has 2 nitrogen and oxygen atoms in total. The van der Waals surface area contributed by atoms with Crippen LogP contribution in [-0.2, 0) is 4.79 Å². The van der Waals surface area contributed by atoms with E-state index in [1.807, 2.05) is 27.7 Å². The Labute approximate surface area is 63.0 Å². The molecule has 0 radical (unpaired) electrons. The quantitative estimate of drug-likeness (QED) is 0.632. The molecular formula is C8H17NO. The molecule has 60 valence electrons. The van der Waals surface area contributed by atoms with Gasteiger partial charge in [-0.05, 0) is 34.6 Å². The first-order valence-corrected chi connectivity index (χ1v) is 3.61. The van der Waals surface area contributed by atoms with Gasteiger partial charge in [-0.25, -0.2) is 0 Å². The molecule has 0 aromatic carbocycles. The lowest BCUT2D eigenvalue weighted by molar-refractivity contribution is -0.119. The van der Waals surface area contributed by atoms with E-state index in [1.54, 1.807) is 6.92 Å². The summed E-state index contributed by atoms with van der Waals surface area (Å²) in [5.41, 5.74) is 0.0328. The van der Waals surface area contributed by atoms with Crippen molar-refractivity contribution in [2.75, 3.05) is 0 Å². The zero-order valence-electron chi connectivity index (χ0n) is 7.49. The lowest BCUT2D eigenvalue weighted by Crippen LogP contribution is -2.45. The Kier molecular flexibility index (Phi) is 3.03. The highest BCUT2D eigenvalue weighted by Gasteiger charge is 2.15. The van der Waals surface area contributed by atoms with Crippen molar-refractivity contribution in [2.45, 2.75) is 46.2 Å². The molecule has 10 heavy (non-hydrogen) atoms. The van der Waals surface area contributed by atoms with E-state index in [1.165, 1.54) is 0 Å². The number of nitrogens with one attached hydrogen (secondary N) is 1. The van der Waals surface area contributed by atoms with Gasteiger partial charge in [-0.3, -0.25) is 4.79 Å². The molecule has 0 saturated carbocycles. The van der Waals surface area contributed by atoms with Gasteiger partial charge in [0.05, 0.1) is 6.04 Å². The summed E-state index contributed by atoms with van der Waals surface area (Å²) < 4.78 is 0. The maximum atomic E-state index is 10.8. The number of Topliss-reactive ketones (excluding diaryl/α,β-unsaturated/α-hetero) is 1. The number of hydrogen-bond donors (Lipinski definition) is 1. The zero-order chi connectivity index (χ0) is 8.36. The summed E-state index contributed by atoms with van der Waals surface area (Å²) in [6.07, 6.45) is 0. The molecule has 0 saturated heterocycles. The Hall–Kier alpha value is -0.370. The first kappa shape index (κ1) is 9.63. The molecule has 2 heteroatoms. The van der Waals surface area contributed by atoms with E-state index >= 15 is 0 Å². The minimum atomic E-state index is -0.0278. The van der Waals surface area contributed by atoms with Crippen LogP contribution in [0.1, 0.15) is 34.6 Å². The lowest BCUT2D eigenvalue weighted by atomic mass is 10.1. The van der Waals surface area contributed by atoms with E-state index in [9.17, 15) is 4.79 Å². The van der Waals surface area contributed by atoms with Gasteiger partial charge >= 0.3 is 0 Å². The third-order valence-electron chi connectivity index (χ3n) is 1.26. The molecule has 0 aromatic heterocycles. The second-order valence-electron chi connectivity index (χ2n) is 3.73. The van der Waals surface area contributed by atoms with Gasteiger partial charge in [0.25, 0.3) is 0 Å². The summed E-state index contributed by atoms with van der Waals surface area (Å²) >= 11 is 0. The minimum Gasteiger partial charge on any atom is -0.303 e. The molecule has 0 aromatic rings. The average molecular weight is 143 g/mol. The van der Waals surface area contributed by atoms with Gasteiger partial charge in [0.15, 0.2) is 0 Å². The van der Waals surface area contributed by atoms with Crippen LogP contribution < -0.4 is 5.32 Å². The molecule has 0 aliphatic carbocycles. The first-order chi connectivity index (χ1) is 4.33. The normalized spacial score (nSPS) is 14.9. The second kappa shape index (κ2) is 3.15. The van der Waals surface area contributed by atoms with Crippen LogP contribution in [0.2, 0.25) is 0 Å². The summed E-state index contributed by atoms with van der Waals surface area (Å²) in [6.45, 7) is 9.63. The highest BCUT2D eigenvalue weighted by molar-refractivity contribution is 5.80. The van der Waals surface area contributed by atoms with Gasteiger partial charge < -0.3 is 5.32 Å². The molecule has 0 fully saturated rings. The van der Waals surface area contributed by atoms with Gasteiger partial charge in [0, 0.05) is 5.54 Å². The maximum Gasteiger partial charge on any atom is 0.146 e. The third kappa shape index (κ3) is 4.50. The number of hydrogen-bond acceptors (Lipinski definition) is 2. The molecule has 0 amide bonds. The van der Waals surface area contributed by atoms with Crippen molar-refractivity contribution >= 4 is 5.78 Å². The molecule has 0 unspecified atom stereocenters. The molecule has 0 aliphatic heterocycles. The first-order valence-electron chi connectivity index (χ1n) is 3.61. The van der Waals surface area contributed by atoms with E-state index in [4.69, 9.17) is 0 Å². The summed E-state index contributed by atoms with van der Waals surface area (Å²) in [6, 6.07) is -0.0278. The van der Waals surface area contributed by atoms with Crippen molar-refractivity contribution in [3.8, 4) is 0 Å². The van der Waals surface area contributed by atoms with E-state index in [0.717, 1.165) is 0 Å². The van der Waals surface area contributed by atoms with E-state index in [0.29, 0.717) is 0 Å². The Balaban J connectivity index is 3.80. The Morgan fingerprint density at radius 3 is 1.90 bits per heavy atom. The monoisotopic (exact) mass is 143 g/mol. The number of carbonyl (C=O) groups is 1. The Bertz CT molecular complexity index is 124. The molecule has 0 rings (SSSR count). The van der Waals surface area contributed by atoms with Crippen molar-refractivity contribution in [2.24, 2.45) is 0 Å². The van der Waals surface area contributed by atoms with Crippen molar-refractivity contribution in [1.29, 1.82) is 0 Å². The maximum absolute atomic E-state index is 10.8. The van der Waals surface area contributed by atoms with Gasteiger partial charge in [0.2, 0.25) is 0 Å².